The van der Waals surface area contributed by atoms with E-state index < -0.39 is 87.0 Å². The number of esters is 2. The molecule has 260 valence electrons. The topological polar surface area (TPSA) is 165 Å². The first-order valence-corrected chi connectivity index (χ1v) is 14.8. The van der Waals surface area contributed by atoms with E-state index in [1.165, 1.54) is 26.0 Å². The molecule has 0 radical (unpaired) electrons. The lowest BCUT2D eigenvalue weighted by Gasteiger charge is -2.18. The monoisotopic (exact) mass is 716 g/mol. The maximum atomic E-state index is 14.6. The molecule has 0 aliphatic rings. The van der Waals surface area contributed by atoms with Gasteiger partial charge in [0.05, 0.1) is 34.6 Å². The van der Waals surface area contributed by atoms with E-state index in [1.807, 2.05) is 0 Å². The number of nitrogens with one attached hydrogen (secondary N) is 2. The van der Waals surface area contributed by atoms with Crippen molar-refractivity contribution in [3.05, 3.63) is 69.2 Å². The van der Waals surface area contributed by atoms with Crippen molar-refractivity contribution in [2.75, 3.05) is 23.8 Å². The Morgan fingerprint density at radius 3 is 1.38 bits per heavy atom. The van der Waals surface area contributed by atoms with Crippen LogP contribution in [0.3, 0.4) is 0 Å². The molecule has 2 N–H and O–H groups in total. The molecule has 0 heterocycles. The van der Waals surface area contributed by atoms with E-state index >= 15 is 0 Å². The fourth-order valence-corrected chi connectivity index (χ4v) is 3.87. The average molecular weight is 718 g/mol. The molecule has 13 nitrogen and oxygen atoms in total. The number of anilines is 2. The number of hydrogen-bond donors (Lipinski definition) is 2. The van der Waals surface area contributed by atoms with Gasteiger partial charge in [-0.15, -0.1) is 0 Å². The van der Waals surface area contributed by atoms with Crippen molar-refractivity contribution < 1.29 is 61.2 Å². The maximum Gasteiger partial charge on any atom is 0.519 e. The minimum atomic E-state index is -1.50. The number of rotatable bonds is 12. The summed E-state index contributed by atoms with van der Waals surface area (Å²) < 4.78 is 59.3. The van der Waals surface area contributed by atoms with Crippen LogP contribution in [0.2, 0.25) is 10.0 Å². The Bertz CT molecular complexity index is 1500. The molecular formula is C31H32Cl2F2N2O11. The van der Waals surface area contributed by atoms with Gasteiger partial charge < -0.3 is 28.4 Å². The molecule has 0 bridgehead atoms. The normalized spacial score (nSPS) is 12.6. The Labute approximate surface area is 284 Å². The summed E-state index contributed by atoms with van der Waals surface area (Å²) in [7, 11) is 0. The first-order chi connectivity index (χ1) is 22.6. The second kappa shape index (κ2) is 18.4. The Morgan fingerprint density at radius 1 is 0.708 bits per heavy atom. The fraction of sp³-hybridized carbons (Fsp3) is 0.323. The quantitative estimate of drug-likeness (QED) is 0.0955. The van der Waals surface area contributed by atoms with Crippen molar-refractivity contribution in [1.29, 1.82) is 0 Å². The number of benzene rings is 2. The number of allylic oxidation sites excluding steroid dienone is 2. The van der Waals surface area contributed by atoms with Gasteiger partial charge in [-0.2, -0.15) is 0 Å². The number of ether oxygens (including phenoxy) is 6. The third-order valence-electron chi connectivity index (χ3n) is 6.09. The summed E-state index contributed by atoms with van der Waals surface area (Å²) in [6, 6.07) is 3.06. The van der Waals surface area contributed by atoms with Crippen molar-refractivity contribution in [3.8, 4) is 11.5 Å². The molecule has 0 saturated carbocycles. The van der Waals surface area contributed by atoms with Crippen LogP contribution in [0.1, 0.15) is 41.5 Å². The Kier molecular flexibility index (Phi) is 15.1. The summed E-state index contributed by atoms with van der Waals surface area (Å²) in [5.74, 6) is -4.85. The second-order valence-corrected chi connectivity index (χ2v) is 10.2. The highest BCUT2D eigenvalue weighted by Crippen LogP contribution is 2.34. The minimum absolute atomic E-state index is 0.0154. The van der Waals surface area contributed by atoms with Crippen LogP contribution in [0.4, 0.5) is 34.5 Å². The van der Waals surface area contributed by atoms with Crippen LogP contribution in [0, 0.1) is 11.6 Å². The van der Waals surface area contributed by atoms with Crippen LogP contribution < -0.4 is 20.1 Å². The van der Waals surface area contributed by atoms with Crippen molar-refractivity contribution in [1.82, 2.24) is 0 Å². The molecule has 0 aliphatic heterocycles. The summed E-state index contributed by atoms with van der Waals surface area (Å²) in [4.78, 5) is 62.0. The van der Waals surface area contributed by atoms with E-state index in [1.54, 1.807) is 27.7 Å². The molecule has 2 rings (SSSR count). The molecule has 0 aliphatic carbocycles. The SMILES string of the molecule is CC=C(C)C(OC(=O)Nc1cc(OC(=O)Oc2cc(NC(=O)OC(C(=O)OCC)C(C)=CC)c(F)cc2Cl)c(Cl)cc1F)C(=O)OCC. The number of hydrogen-bond acceptors (Lipinski definition) is 11. The van der Waals surface area contributed by atoms with Gasteiger partial charge in [-0.05, 0) is 64.8 Å². The lowest BCUT2D eigenvalue weighted by atomic mass is 10.1. The Morgan fingerprint density at radius 2 is 1.06 bits per heavy atom. The zero-order chi connectivity index (χ0) is 36.1. The van der Waals surface area contributed by atoms with Crippen molar-refractivity contribution in [2.45, 2.75) is 53.8 Å². The number of carbonyl (C=O) groups excluding carboxylic acids is 5. The first kappa shape index (κ1) is 39.3. The number of halogens is 4. The highest BCUT2D eigenvalue weighted by atomic mass is 35.5. The van der Waals surface area contributed by atoms with Crippen molar-refractivity contribution in [3.63, 3.8) is 0 Å². The predicted octanol–water partition coefficient (Wildman–Crippen LogP) is 7.74. The van der Waals surface area contributed by atoms with Crippen LogP contribution in [-0.2, 0) is 28.5 Å². The van der Waals surface area contributed by atoms with Crippen molar-refractivity contribution >= 4 is 64.9 Å². The highest BCUT2D eigenvalue weighted by molar-refractivity contribution is 6.32. The summed E-state index contributed by atoms with van der Waals surface area (Å²) in [6.07, 6.45) is -3.83. The summed E-state index contributed by atoms with van der Waals surface area (Å²) in [6.45, 7) is 9.38. The minimum Gasteiger partial charge on any atom is -0.463 e. The first-order valence-electron chi connectivity index (χ1n) is 14.1. The summed E-state index contributed by atoms with van der Waals surface area (Å²) in [5, 5.41) is 3.29. The Balaban J connectivity index is 2.21. The third kappa shape index (κ3) is 11.1. The molecule has 48 heavy (non-hydrogen) atoms. The van der Waals surface area contributed by atoms with Crippen molar-refractivity contribution in [2.24, 2.45) is 0 Å². The highest BCUT2D eigenvalue weighted by Gasteiger charge is 2.28. The van der Waals surface area contributed by atoms with E-state index in [2.05, 4.69) is 10.6 Å². The van der Waals surface area contributed by atoms with Gasteiger partial charge in [0.2, 0.25) is 12.2 Å². The smallest absolute Gasteiger partial charge is 0.463 e. The van der Waals surface area contributed by atoms with E-state index in [9.17, 15) is 32.8 Å². The van der Waals surface area contributed by atoms with Crippen LogP contribution in [0.15, 0.2) is 47.6 Å². The van der Waals surface area contributed by atoms with Gasteiger partial charge in [0.25, 0.3) is 0 Å². The number of carbonyl (C=O) groups is 5. The van der Waals surface area contributed by atoms with Gasteiger partial charge in [0.1, 0.15) is 11.6 Å². The second-order valence-electron chi connectivity index (χ2n) is 9.37. The van der Waals surface area contributed by atoms with Gasteiger partial charge in [-0.25, -0.2) is 32.8 Å². The summed E-state index contributed by atoms with van der Waals surface area (Å²) >= 11 is 12.0. The zero-order valence-corrected chi connectivity index (χ0v) is 28.0. The van der Waals surface area contributed by atoms with Gasteiger partial charge in [-0.3, -0.25) is 10.6 Å². The van der Waals surface area contributed by atoms with Gasteiger partial charge in [0.15, 0.2) is 11.5 Å². The van der Waals surface area contributed by atoms with Gasteiger partial charge >= 0.3 is 30.3 Å². The van der Waals surface area contributed by atoms with E-state index in [-0.39, 0.29) is 13.2 Å². The largest absolute Gasteiger partial charge is 0.519 e. The molecule has 0 saturated heterocycles. The molecule has 2 aromatic carbocycles. The molecule has 0 spiro atoms. The Hall–Kier alpha value is -4.89. The molecular weight excluding hydrogens is 685 g/mol. The lowest BCUT2D eigenvalue weighted by Crippen LogP contribution is -2.32. The molecule has 2 amide bonds. The van der Waals surface area contributed by atoms with Crippen LogP contribution in [0.25, 0.3) is 0 Å². The molecule has 2 unspecified atom stereocenters. The van der Waals surface area contributed by atoms with E-state index in [4.69, 9.17) is 51.6 Å². The van der Waals surface area contributed by atoms with Gasteiger partial charge in [-0.1, -0.05) is 35.4 Å². The van der Waals surface area contributed by atoms with Gasteiger partial charge in [0, 0.05) is 12.1 Å². The third-order valence-corrected chi connectivity index (χ3v) is 6.68. The molecule has 0 fully saturated rings. The van der Waals surface area contributed by atoms with Crippen LogP contribution in [0.5, 0.6) is 11.5 Å². The predicted molar refractivity (Wildman–Crippen MR) is 169 cm³/mol. The van der Waals surface area contributed by atoms with Crippen LogP contribution in [-0.4, -0.2) is 55.7 Å². The molecule has 2 aromatic rings. The van der Waals surface area contributed by atoms with E-state index in [0.717, 1.165) is 12.1 Å². The fourth-order valence-electron chi connectivity index (χ4n) is 3.49. The molecule has 17 heteroatoms. The lowest BCUT2D eigenvalue weighted by molar-refractivity contribution is -0.151. The summed E-state index contributed by atoms with van der Waals surface area (Å²) in [5.41, 5.74) is -0.448. The van der Waals surface area contributed by atoms with E-state index in [0.29, 0.717) is 23.3 Å². The molecule has 2 atom stereocenters. The standard InChI is InChI=1S/C31H32Cl2F2N2O11/c1-7-15(5)25(27(38)43-9-3)47-29(40)36-21-13-23(17(32)11-19(21)34)45-31(42)46-24-14-22(20(35)12-18(24)33)37-30(41)48-26(16(6)8-2)28(39)44-10-4/h7-8,11-14,25-26H,9-10H2,1-6H3,(H,36,40)(H,37,41). The van der Waals surface area contributed by atoms with Crippen LogP contribution >= 0.6 is 23.2 Å². The maximum absolute atomic E-state index is 14.6. The molecule has 0 aromatic heterocycles. The number of amides is 2. The zero-order valence-electron chi connectivity index (χ0n) is 26.5. The average Bonchev–Trinajstić information content (AvgIpc) is 3.02.